The first kappa shape index (κ1) is 19.2. The topological polar surface area (TPSA) is 32.8 Å². The van der Waals surface area contributed by atoms with Gasteiger partial charge in [0.15, 0.2) is 0 Å². The number of amides is 1. The van der Waals surface area contributed by atoms with Crippen molar-refractivity contribution in [1.29, 1.82) is 0 Å². The second-order valence-electron chi connectivity index (χ2n) is 8.35. The highest BCUT2D eigenvalue weighted by Gasteiger charge is 2.44. The molecule has 1 aromatic rings. The Morgan fingerprint density at radius 1 is 1.04 bits per heavy atom. The summed E-state index contributed by atoms with van der Waals surface area (Å²) in [6.07, 6.45) is 6.97. The van der Waals surface area contributed by atoms with Gasteiger partial charge in [-0.25, -0.2) is 0 Å². The second-order valence-corrected chi connectivity index (χ2v) is 8.35. The van der Waals surface area contributed by atoms with Gasteiger partial charge in [0.25, 0.3) is 5.91 Å². The number of hydrogen-bond donors (Lipinski definition) is 0. The fourth-order valence-corrected chi connectivity index (χ4v) is 4.74. The molecule has 4 nitrogen and oxygen atoms in total. The fraction of sp³-hybridized carbons (Fsp3) is 0.682. The highest BCUT2D eigenvalue weighted by Crippen LogP contribution is 2.46. The molecule has 0 saturated heterocycles. The van der Waals surface area contributed by atoms with Crippen LogP contribution in [0.3, 0.4) is 0 Å². The van der Waals surface area contributed by atoms with Crippen LogP contribution in [0.25, 0.3) is 0 Å². The molecule has 2 saturated carbocycles. The number of fused-ring (bicyclic) bond motifs is 1. The molecule has 3 rings (SSSR count). The van der Waals surface area contributed by atoms with Crippen molar-refractivity contribution in [1.82, 2.24) is 9.80 Å². The van der Waals surface area contributed by atoms with Crippen LogP contribution < -0.4 is 4.74 Å². The van der Waals surface area contributed by atoms with Gasteiger partial charge in [0.2, 0.25) is 0 Å². The van der Waals surface area contributed by atoms with Gasteiger partial charge in [-0.05, 0) is 70.2 Å². The molecule has 2 aliphatic carbocycles. The summed E-state index contributed by atoms with van der Waals surface area (Å²) in [4.78, 5) is 17.5. The normalized spacial score (nSPS) is 27.6. The zero-order chi connectivity index (χ0) is 18.7. The maximum absolute atomic E-state index is 13.1. The first-order chi connectivity index (χ1) is 12.5. The van der Waals surface area contributed by atoms with Crippen LogP contribution in [0.2, 0.25) is 0 Å². The van der Waals surface area contributed by atoms with Crippen molar-refractivity contribution in [3.8, 4) is 5.75 Å². The molecule has 0 N–H and O–H groups in total. The first-order valence-corrected chi connectivity index (χ1v) is 10.2. The van der Waals surface area contributed by atoms with E-state index in [1.165, 1.54) is 12.8 Å². The van der Waals surface area contributed by atoms with Crippen molar-refractivity contribution in [2.75, 3.05) is 27.7 Å². The maximum Gasteiger partial charge on any atom is 0.257 e. The lowest BCUT2D eigenvalue weighted by Crippen LogP contribution is -2.36. The lowest BCUT2D eigenvalue weighted by Gasteiger charge is -2.27. The van der Waals surface area contributed by atoms with Gasteiger partial charge >= 0.3 is 0 Å². The molecule has 0 spiro atoms. The highest BCUT2D eigenvalue weighted by atomic mass is 16.5. The van der Waals surface area contributed by atoms with E-state index < -0.39 is 0 Å². The number of nitrogens with zero attached hydrogens (tertiary/aromatic N) is 2. The van der Waals surface area contributed by atoms with Crippen LogP contribution in [0.5, 0.6) is 5.75 Å². The Morgan fingerprint density at radius 3 is 2.27 bits per heavy atom. The van der Waals surface area contributed by atoms with E-state index in [0.717, 1.165) is 49.3 Å². The molecule has 4 heteroatoms. The van der Waals surface area contributed by atoms with Crippen LogP contribution in [0.1, 0.15) is 55.8 Å². The maximum atomic E-state index is 13.1. The minimum atomic E-state index is 0.103. The van der Waals surface area contributed by atoms with Gasteiger partial charge in [0.1, 0.15) is 5.75 Å². The predicted molar refractivity (Wildman–Crippen MR) is 106 cm³/mol. The molecule has 2 aliphatic rings. The fourth-order valence-electron chi connectivity index (χ4n) is 4.74. The molecule has 144 valence electrons. The standard InChI is InChI=1S/C22H34N2O2/c1-5-6-11-26-21-10-8-7-9-20(21)22(25)24(4)19-14-16-12-18(23(2)3)13-17(16)15-19/h7-10,16-19H,5-6,11-15H2,1-4H3/t16-,17+,18?,19?. The Bertz CT molecular complexity index is 602. The van der Waals surface area contributed by atoms with E-state index in [-0.39, 0.29) is 5.91 Å². The summed E-state index contributed by atoms with van der Waals surface area (Å²) in [5.74, 6) is 2.38. The summed E-state index contributed by atoms with van der Waals surface area (Å²) in [7, 11) is 6.35. The average Bonchev–Trinajstić information content (AvgIpc) is 3.20. The van der Waals surface area contributed by atoms with Gasteiger partial charge in [-0.3, -0.25) is 4.79 Å². The number of unbranched alkanes of at least 4 members (excludes halogenated alkanes) is 1. The third-order valence-electron chi connectivity index (χ3n) is 6.44. The number of rotatable bonds is 7. The molecule has 1 amide bonds. The molecule has 1 aromatic carbocycles. The quantitative estimate of drug-likeness (QED) is 0.689. The minimum Gasteiger partial charge on any atom is -0.493 e. The van der Waals surface area contributed by atoms with Gasteiger partial charge in [-0.2, -0.15) is 0 Å². The molecule has 2 fully saturated rings. The van der Waals surface area contributed by atoms with E-state index >= 15 is 0 Å². The van der Waals surface area contributed by atoms with E-state index in [9.17, 15) is 4.79 Å². The van der Waals surface area contributed by atoms with Gasteiger partial charge in [-0.1, -0.05) is 25.5 Å². The summed E-state index contributed by atoms with van der Waals surface area (Å²) in [6.45, 7) is 2.82. The Balaban J connectivity index is 1.63. The first-order valence-electron chi connectivity index (χ1n) is 10.2. The van der Waals surface area contributed by atoms with Gasteiger partial charge < -0.3 is 14.5 Å². The Labute approximate surface area is 158 Å². The third kappa shape index (κ3) is 4.06. The van der Waals surface area contributed by atoms with Crippen LogP contribution in [-0.4, -0.2) is 55.5 Å². The zero-order valence-corrected chi connectivity index (χ0v) is 16.8. The van der Waals surface area contributed by atoms with Crippen molar-refractivity contribution in [2.45, 2.75) is 57.5 Å². The Hall–Kier alpha value is -1.55. The van der Waals surface area contributed by atoms with Crippen molar-refractivity contribution in [3.63, 3.8) is 0 Å². The lowest BCUT2D eigenvalue weighted by atomic mass is 10.0. The van der Waals surface area contributed by atoms with Gasteiger partial charge in [0, 0.05) is 19.1 Å². The van der Waals surface area contributed by atoms with Crippen LogP contribution in [0.15, 0.2) is 24.3 Å². The largest absolute Gasteiger partial charge is 0.493 e. The Kier molecular flexibility index (Phi) is 6.23. The van der Waals surface area contributed by atoms with Crippen LogP contribution in [0, 0.1) is 11.8 Å². The molecule has 0 radical (unpaired) electrons. The third-order valence-corrected chi connectivity index (χ3v) is 6.44. The van der Waals surface area contributed by atoms with Crippen molar-refractivity contribution in [3.05, 3.63) is 29.8 Å². The lowest BCUT2D eigenvalue weighted by molar-refractivity contribution is 0.0721. The second kappa shape index (κ2) is 8.43. The van der Waals surface area contributed by atoms with Crippen LogP contribution in [0.4, 0.5) is 0 Å². The van der Waals surface area contributed by atoms with E-state index in [1.54, 1.807) is 0 Å². The molecule has 0 heterocycles. The SMILES string of the molecule is CCCCOc1ccccc1C(=O)N(C)C1C[C@H]2CC(N(C)C)C[C@H]2C1. The molecule has 4 atom stereocenters. The summed E-state index contributed by atoms with van der Waals surface area (Å²) in [5, 5.41) is 0. The number of para-hydroxylation sites is 1. The molecule has 2 unspecified atom stereocenters. The monoisotopic (exact) mass is 358 g/mol. The zero-order valence-electron chi connectivity index (χ0n) is 16.8. The number of benzene rings is 1. The summed E-state index contributed by atoms with van der Waals surface area (Å²) in [5.41, 5.74) is 0.703. The molecule has 26 heavy (non-hydrogen) atoms. The van der Waals surface area contributed by atoms with Crippen molar-refractivity contribution >= 4 is 5.91 Å². The number of carbonyl (C=O) groups excluding carboxylic acids is 1. The highest BCUT2D eigenvalue weighted by molar-refractivity contribution is 5.97. The molecule has 0 aliphatic heterocycles. The van der Waals surface area contributed by atoms with Crippen LogP contribution >= 0.6 is 0 Å². The molecule has 0 bridgehead atoms. The number of hydrogen-bond acceptors (Lipinski definition) is 3. The van der Waals surface area contributed by atoms with Crippen molar-refractivity contribution < 1.29 is 9.53 Å². The number of ether oxygens (including phenoxy) is 1. The molecular formula is C22H34N2O2. The minimum absolute atomic E-state index is 0.103. The summed E-state index contributed by atoms with van der Waals surface area (Å²) >= 11 is 0. The average molecular weight is 359 g/mol. The molecule has 0 aromatic heterocycles. The molecular weight excluding hydrogens is 324 g/mol. The van der Waals surface area contributed by atoms with E-state index in [2.05, 4.69) is 25.9 Å². The van der Waals surface area contributed by atoms with Crippen LogP contribution in [-0.2, 0) is 0 Å². The van der Waals surface area contributed by atoms with E-state index in [1.807, 2.05) is 36.2 Å². The number of carbonyl (C=O) groups is 1. The van der Waals surface area contributed by atoms with E-state index in [4.69, 9.17) is 4.74 Å². The van der Waals surface area contributed by atoms with Gasteiger partial charge in [-0.15, -0.1) is 0 Å². The summed E-state index contributed by atoms with van der Waals surface area (Å²) < 4.78 is 5.87. The van der Waals surface area contributed by atoms with E-state index in [0.29, 0.717) is 18.2 Å². The smallest absolute Gasteiger partial charge is 0.257 e. The van der Waals surface area contributed by atoms with Gasteiger partial charge in [0.05, 0.1) is 12.2 Å². The Morgan fingerprint density at radius 2 is 1.65 bits per heavy atom. The summed E-state index contributed by atoms with van der Waals surface area (Å²) in [6, 6.07) is 8.78. The van der Waals surface area contributed by atoms with Crippen molar-refractivity contribution in [2.24, 2.45) is 11.8 Å². The predicted octanol–water partition coefficient (Wildman–Crippen LogP) is 4.06.